The molecule has 0 spiro atoms. The predicted octanol–water partition coefficient (Wildman–Crippen LogP) is 3.54. The first-order valence-corrected chi connectivity index (χ1v) is 9.29. The largest absolute Gasteiger partial charge is 0.326 e. The van der Waals surface area contributed by atoms with Crippen molar-refractivity contribution in [1.29, 1.82) is 0 Å². The highest BCUT2D eigenvalue weighted by Crippen LogP contribution is 2.27. The van der Waals surface area contributed by atoms with Crippen LogP contribution in [0.2, 0.25) is 0 Å². The van der Waals surface area contributed by atoms with Crippen LogP contribution in [0.1, 0.15) is 36.5 Å². The molecule has 0 aliphatic rings. The molecule has 0 aliphatic carbocycles. The van der Waals surface area contributed by atoms with Crippen LogP contribution in [0.5, 0.6) is 0 Å². The van der Waals surface area contributed by atoms with Gasteiger partial charge >= 0.3 is 6.03 Å². The molecule has 0 aliphatic heterocycles. The van der Waals surface area contributed by atoms with E-state index in [1.54, 1.807) is 40.8 Å². The Kier molecular flexibility index (Phi) is 5.32. The molecule has 0 fully saturated rings. The molecule has 0 radical (unpaired) electrons. The first-order chi connectivity index (χ1) is 12.5. The summed E-state index contributed by atoms with van der Waals surface area (Å²) < 4.78 is 1.76. The van der Waals surface area contributed by atoms with Crippen molar-refractivity contribution in [2.24, 2.45) is 0 Å². The van der Waals surface area contributed by atoms with E-state index in [0.29, 0.717) is 12.2 Å². The lowest BCUT2D eigenvalue weighted by atomic mass is 10.0. The highest BCUT2D eigenvalue weighted by Gasteiger charge is 2.29. The zero-order valence-corrected chi connectivity index (χ0v) is 15.9. The maximum atomic E-state index is 12.4. The van der Waals surface area contributed by atoms with Crippen LogP contribution in [0.4, 0.5) is 10.5 Å². The van der Waals surface area contributed by atoms with Crippen LogP contribution < -0.4 is 10.6 Å². The molecule has 7 nitrogen and oxygen atoms in total. The molecule has 2 amide bonds. The molecule has 0 unspecified atom stereocenters. The number of urea groups is 1. The minimum Gasteiger partial charge on any atom is -0.326 e. The number of aryl methyl sites for hydroxylation is 1. The van der Waals surface area contributed by atoms with E-state index in [-0.39, 0.29) is 6.03 Å². The van der Waals surface area contributed by atoms with E-state index in [0.717, 1.165) is 22.7 Å². The minimum absolute atomic E-state index is 0.275. The molecule has 136 valence electrons. The first kappa shape index (κ1) is 18.1. The highest BCUT2D eigenvalue weighted by molar-refractivity contribution is 7.09. The Balaban J connectivity index is 1.63. The van der Waals surface area contributed by atoms with Crippen LogP contribution in [-0.4, -0.2) is 25.8 Å². The number of nitrogens with zero attached hydrogens (tertiary/aromatic N) is 4. The molecule has 0 saturated carbocycles. The topological polar surface area (TPSA) is 84.7 Å². The number of thiazole rings is 1. The molecular weight excluding hydrogens is 348 g/mol. The van der Waals surface area contributed by atoms with Gasteiger partial charge in [0, 0.05) is 29.7 Å². The van der Waals surface area contributed by atoms with Gasteiger partial charge in [-0.3, -0.25) is 9.67 Å². The van der Waals surface area contributed by atoms with Crippen LogP contribution >= 0.6 is 11.3 Å². The average molecular weight is 370 g/mol. The summed E-state index contributed by atoms with van der Waals surface area (Å²) in [5.74, 6) is 0. The van der Waals surface area contributed by atoms with Gasteiger partial charge in [-0.05, 0) is 31.9 Å². The number of hydrogen-bond donors (Lipinski definition) is 2. The number of rotatable bonds is 6. The molecule has 0 saturated heterocycles. The summed E-state index contributed by atoms with van der Waals surface area (Å²) in [5, 5.41) is 13.0. The SMILES string of the molecule is CC[C@](C)(NC(=O)Nc1cnn(Cc2cccnc2)c1)c1nc(C)cs1. The summed E-state index contributed by atoms with van der Waals surface area (Å²) in [6.45, 7) is 6.56. The van der Waals surface area contributed by atoms with Gasteiger partial charge in [0.05, 0.1) is 24.0 Å². The van der Waals surface area contributed by atoms with Gasteiger partial charge in [-0.25, -0.2) is 9.78 Å². The second-order valence-electron chi connectivity index (χ2n) is 6.35. The second-order valence-corrected chi connectivity index (χ2v) is 7.20. The number of hydrogen-bond acceptors (Lipinski definition) is 5. The summed E-state index contributed by atoms with van der Waals surface area (Å²) in [6.07, 6.45) is 7.70. The zero-order chi connectivity index (χ0) is 18.6. The number of carbonyl (C=O) groups is 1. The third kappa shape index (κ3) is 4.26. The monoisotopic (exact) mass is 370 g/mol. The normalized spacial score (nSPS) is 13.2. The van der Waals surface area contributed by atoms with E-state index in [2.05, 4.69) is 25.7 Å². The van der Waals surface area contributed by atoms with Crippen molar-refractivity contribution in [2.45, 2.75) is 39.3 Å². The standard InChI is InChI=1S/C18H22N6OS/c1-4-18(3,16-21-13(2)12-26-16)23-17(25)22-15-9-20-24(11-15)10-14-6-5-7-19-8-14/h5-9,11-12H,4,10H2,1-3H3,(H2,22,23,25)/t18-/m0/s1. The zero-order valence-electron chi connectivity index (χ0n) is 15.1. The smallest absolute Gasteiger partial charge is 0.320 e. The molecule has 0 bridgehead atoms. The predicted molar refractivity (Wildman–Crippen MR) is 102 cm³/mol. The van der Waals surface area contributed by atoms with Gasteiger partial charge in [0.1, 0.15) is 5.01 Å². The summed E-state index contributed by atoms with van der Waals surface area (Å²) in [7, 11) is 0. The highest BCUT2D eigenvalue weighted by atomic mass is 32.1. The number of nitrogens with one attached hydrogen (secondary N) is 2. The molecule has 1 atom stereocenters. The van der Waals surface area contributed by atoms with Gasteiger partial charge < -0.3 is 10.6 Å². The van der Waals surface area contributed by atoms with Crippen molar-refractivity contribution >= 4 is 23.1 Å². The van der Waals surface area contributed by atoms with E-state index < -0.39 is 5.54 Å². The summed E-state index contributed by atoms with van der Waals surface area (Å²) in [6, 6.07) is 3.59. The number of anilines is 1. The Hall–Kier alpha value is -2.74. The maximum absolute atomic E-state index is 12.4. The fourth-order valence-electron chi connectivity index (χ4n) is 2.51. The van der Waals surface area contributed by atoms with Gasteiger partial charge in [-0.1, -0.05) is 13.0 Å². The van der Waals surface area contributed by atoms with Gasteiger partial charge in [-0.2, -0.15) is 5.10 Å². The third-order valence-corrected chi connectivity index (χ3v) is 5.37. The minimum atomic E-state index is -0.505. The Morgan fingerprint density at radius 2 is 2.23 bits per heavy atom. The maximum Gasteiger partial charge on any atom is 0.320 e. The Morgan fingerprint density at radius 3 is 2.88 bits per heavy atom. The first-order valence-electron chi connectivity index (χ1n) is 8.41. The summed E-state index contributed by atoms with van der Waals surface area (Å²) in [4.78, 5) is 21.1. The van der Waals surface area contributed by atoms with Crippen LogP contribution in [0.25, 0.3) is 0 Å². The lowest BCUT2D eigenvalue weighted by Gasteiger charge is -2.27. The summed E-state index contributed by atoms with van der Waals surface area (Å²) in [5.41, 5.74) is 2.14. The number of amides is 2. The van der Waals surface area contributed by atoms with Crippen molar-refractivity contribution in [2.75, 3.05) is 5.32 Å². The fourth-order valence-corrected chi connectivity index (χ4v) is 3.49. The second kappa shape index (κ2) is 7.65. The van der Waals surface area contributed by atoms with Crippen molar-refractivity contribution in [1.82, 2.24) is 25.1 Å². The van der Waals surface area contributed by atoms with Crippen LogP contribution in [-0.2, 0) is 12.1 Å². The van der Waals surface area contributed by atoms with Gasteiger partial charge in [0.2, 0.25) is 0 Å². The number of carbonyl (C=O) groups excluding carboxylic acids is 1. The van der Waals surface area contributed by atoms with Crippen LogP contribution in [0.15, 0.2) is 42.3 Å². The molecule has 2 N–H and O–H groups in total. The third-order valence-electron chi connectivity index (χ3n) is 4.15. The van der Waals surface area contributed by atoms with Gasteiger partial charge in [0.15, 0.2) is 0 Å². The Bertz CT molecular complexity index is 875. The van der Waals surface area contributed by atoms with Crippen LogP contribution in [0.3, 0.4) is 0 Å². The van der Waals surface area contributed by atoms with Crippen molar-refractivity contribution in [3.8, 4) is 0 Å². The average Bonchev–Trinajstić information content (AvgIpc) is 3.25. The van der Waals surface area contributed by atoms with E-state index in [9.17, 15) is 4.79 Å². The molecule has 3 aromatic heterocycles. The molecule has 3 aromatic rings. The van der Waals surface area contributed by atoms with Crippen molar-refractivity contribution in [3.05, 3.63) is 58.6 Å². The molecule has 3 heterocycles. The van der Waals surface area contributed by atoms with Gasteiger partial charge in [-0.15, -0.1) is 11.3 Å². The quantitative estimate of drug-likeness (QED) is 0.695. The lowest BCUT2D eigenvalue weighted by Crippen LogP contribution is -2.45. The van der Waals surface area contributed by atoms with E-state index in [1.807, 2.05) is 38.3 Å². The molecule has 26 heavy (non-hydrogen) atoms. The fraction of sp³-hybridized carbons (Fsp3) is 0.333. The van der Waals surface area contributed by atoms with Gasteiger partial charge in [0.25, 0.3) is 0 Å². The van der Waals surface area contributed by atoms with Crippen LogP contribution in [0, 0.1) is 6.92 Å². The number of aromatic nitrogens is 4. The molecular formula is C18H22N6OS. The molecule has 8 heteroatoms. The summed E-state index contributed by atoms with van der Waals surface area (Å²) >= 11 is 1.56. The Labute approximate surface area is 156 Å². The molecule has 3 rings (SSSR count). The van der Waals surface area contributed by atoms with E-state index >= 15 is 0 Å². The van der Waals surface area contributed by atoms with Crippen molar-refractivity contribution in [3.63, 3.8) is 0 Å². The van der Waals surface area contributed by atoms with E-state index in [4.69, 9.17) is 0 Å². The number of pyridine rings is 1. The van der Waals surface area contributed by atoms with E-state index in [1.165, 1.54) is 0 Å². The Morgan fingerprint density at radius 1 is 1.38 bits per heavy atom. The van der Waals surface area contributed by atoms with Crippen molar-refractivity contribution < 1.29 is 4.79 Å². The lowest BCUT2D eigenvalue weighted by molar-refractivity contribution is 0.237. The molecule has 0 aromatic carbocycles.